The van der Waals surface area contributed by atoms with Crippen molar-refractivity contribution in [1.82, 2.24) is 4.90 Å². The van der Waals surface area contributed by atoms with Crippen molar-refractivity contribution in [3.05, 3.63) is 40.4 Å². The number of amides is 1. The molecule has 0 aliphatic heterocycles. The average Bonchev–Trinajstić information content (AvgIpc) is 3.17. The van der Waals surface area contributed by atoms with Gasteiger partial charge in [-0.2, -0.15) is 0 Å². The van der Waals surface area contributed by atoms with Crippen LogP contribution in [0.3, 0.4) is 0 Å². The lowest BCUT2D eigenvalue weighted by Gasteiger charge is -2.17. The molecule has 1 fully saturated rings. The number of rotatable bonds is 5. The van der Waals surface area contributed by atoms with Gasteiger partial charge in [-0.15, -0.1) is 0 Å². The lowest BCUT2D eigenvalue weighted by atomic mass is 10.2. The Balaban J connectivity index is 2.04. The van der Waals surface area contributed by atoms with Crippen LogP contribution in [0.4, 0.5) is 0 Å². The van der Waals surface area contributed by atoms with Crippen LogP contribution < -0.4 is 0 Å². The molecule has 0 spiro atoms. The molecule has 1 saturated carbocycles. The SMILES string of the molecule is O=C(O)CN(C(=O)/C=C/c1cccc(Br)c1)C1CC1. The van der Waals surface area contributed by atoms with Crippen molar-refractivity contribution in [2.45, 2.75) is 18.9 Å². The van der Waals surface area contributed by atoms with Crippen molar-refractivity contribution in [2.75, 3.05) is 6.54 Å². The number of halogens is 1. The third kappa shape index (κ3) is 4.21. The van der Waals surface area contributed by atoms with E-state index in [1.54, 1.807) is 6.08 Å². The van der Waals surface area contributed by atoms with Gasteiger partial charge in [0.2, 0.25) is 5.91 Å². The molecule has 0 unspecified atom stereocenters. The van der Waals surface area contributed by atoms with Crippen molar-refractivity contribution in [2.24, 2.45) is 0 Å². The molecule has 2 rings (SSSR count). The second-order valence-electron chi connectivity index (χ2n) is 4.48. The Morgan fingerprint density at radius 2 is 2.16 bits per heavy atom. The third-order valence-corrected chi connectivity index (χ3v) is 3.34. The summed E-state index contributed by atoms with van der Waals surface area (Å²) in [5.41, 5.74) is 0.897. The number of carbonyl (C=O) groups excluding carboxylic acids is 1. The monoisotopic (exact) mass is 323 g/mol. The normalized spacial score (nSPS) is 14.6. The van der Waals surface area contributed by atoms with Crippen molar-refractivity contribution < 1.29 is 14.7 Å². The van der Waals surface area contributed by atoms with Crippen molar-refractivity contribution >= 4 is 33.9 Å². The van der Waals surface area contributed by atoms with Crippen LogP contribution in [0.1, 0.15) is 18.4 Å². The van der Waals surface area contributed by atoms with Gasteiger partial charge in [0, 0.05) is 16.6 Å². The fourth-order valence-electron chi connectivity index (χ4n) is 1.79. The summed E-state index contributed by atoms with van der Waals surface area (Å²) in [5, 5.41) is 8.81. The quantitative estimate of drug-likeness (QED) is 0.847. The Hall–Kier alpha value is -1.62. The first-order chi connectivity index (χ1) is 9.06. The topological polar surface area (TPSA) is 57.6 Å². The maximum atomic E-state index is 12.0. The number of carbonyl (C=O) groups is 2. The highest BCUT2D eigenvalue weighted by Gasteiger charge is 2.32. The van der Waals surface area contributed by atoms with Gasteiger partial charge in [-0.1, -0.05) is 28.1 Å². The third-order valence-electron chi connectivity index (χ3n) is 2.84. The molecule has 19 heavy (non-hydrogen) atoms. The molecule has 4 nitrogen and oxygen atoms in total. The van der Waals surface area contributed by atoms with E-state index in [1.165, 1.54) is 11.0 Å². The molecule has 0 heterocycles. The lowest BCUT2D eigenvalue weighted by molar-refractivity contribution is -0.143. The molecule has 0 bridgehead atoms. The number of aliphatic carboxylic acids is 1. The van der Waals surface area contributed by atoms with E-state index in [2.05, 4.69) is 15.9 Å². The van der Waals surface area contributed by atoms with Crippen LogP contribution in [0.15, 0.2) is 34.8 Å². The van der Waals surface area contributed by atoms with Crippen LogP contribution >= 0.6 is 15.9 Å². The molecular formula is C14H14BrNO3. The van der Waals surface area contributed by atoms with E-state index >= 15 is 0 Å². The number of carboxylic acids is 1. The molecule has 1 aliphatic rings. The van der Waals surface area contributed by atoms with Crippen LogP contribution in [0.2, 0.25) is 0 Å². The molecule has 100 valence electrons. The Bertz CT molecular complexity index is 523. The van der Waals surface area contributed by atoms with Gasteiger partial charge in [0.25, 0.3) is 0 Å². The van der Waals surface area contributed by atoms with Gasteiger partial charge in [-0.25, -0.2) is 0 Å². The lowest BCUT2D eigenvalue weighted by Crippen LogP contribution is -2.36. The summed E-state index contributed by atoms with van der Waals surface area (Å²) in [5.74, 6) is -1.22. The van der Waals surface area contributed by atoms with Crippen molar-refractivity contribution in [1.29, 1.82) is 0 Å². The van der Waals surface area contributed by atoms with Gasteiger partial charge in [-0.3, -0.25) is 9.59 Å². The summed E-state index contributed by atoms with van der Waals surface area (Å²) < 4.78 is 0.937. The van der Waals surface area contributed by atoms with E-state index in [4.69, 9.17) is 5.11 Å². The van der Waals surface area contributed by atoms with Crippen LogP contribution in [0.5, 0.6) is 0 Å². The molecule has 1 aromatic carbocycles. The van der Waals surface area contributed by atoms with Gasteiger partial charge in [-0.05, 0) is 36.6 Å². The Kier molecular flexibility index (Phi) is 4.37. The molecule has 5 heteroatoms. The molecule has 1 amide bonds. The van der Waals surface area contributed by atoms with E-state index in [0.717, 1.165) is 22.9 Å². The summed E-state index contributed by atoms with van der Waals surface area (Å²) in [6.45, 7) is -0.230. The van der Waals surface area contributed by atoms with Crippen molar-refractivity contribution in [3.8, 4) is 0 Å². The molecule has 0 radical (unpaired) electrons. The van der Waals surface area contributed by atoms with E-state index in [1.807, 2.05) is 24.3 Å². The molecule has 0 saturated heterocycles. The maximum absolute atomic E-state index is 12.0. The maximum Gasteiger partial charge on any atom is 0.323 e. The van der Waals surface area contributed by atoms with Gasteiger partial charge in [0.1, 0.15) is 6.54 Å². The summed E-state index contributed by atoms with van der Waals surface area (Å²) in [4.78, 5) is 24.1. The molecular weight excluding hydrogens is 310 g/mol. The fraction of sp³-hybridized carbons (Fsp3) is 0.286. The van der Waals surface area contributed by atoms with E-state index < -0.39 is 5.97 Å². The van der Waals surface area contributed by atoms with E-state index in [-0.39, 0.29) is 18.5 Å². The first-order valence-electron chi connectivity index (χ1n) is 6.02. The standard InChI is InChI=1S/C14H14BrNO3/c15-11-3-1-2-10(8-11)4-7-13(17)16(9-14(18)19)12-5-6-12/h1-4,7-8,12H,5-6,9H2,(H,18,19)/b7-4+. The molecule has 0 atom stereocenters. The molecule has 1 N–H and O–H groups in total. The smallest absolute Gasteiger partial charge is 0.323 e. The Morgan fingerprint density at radius 1 is 1.42 bits per heavy atom. The number of carboxylic acid groups (broad SMARTS) is 1. The van der Waals surface area contributed by atoms with Gasteiger partial charge in [0.05, 0.1) is 0 Å². The zero-order valence-electron chi connectivity index (χ0n) is 10.3. The minimum absolute atomic E-state index is 0.0933. The minimum atomic E-state index is -0.976. The highest BCUT2D eigenvalue weighted by molar-refractivity contribution is 9.10. The number of hydrogen-bond acceptors (Lipinski definition) is 2. The largest absolute Gasteiger partial charge is 0.480 e. The van der Waals surface area contributed by atoms with E-state index in [0.29, 0.717) is 0 Å². The average molecular weight is 324 g/mol. The van der Waals surface area contributed by atoms with Crippen LogP contribution in [0, 0.1) is 0 Å². The summed E-state index contributed by atoms with van der Waals surface area (Å²) in [6, 6.07) is 7.65. The Morgan fingerprint density at radius 3 is 2.74 bits per heavy atom. The second kappa shape index (κ2) is 6.02. The predicted molar refractivity (Wildman–Crippen MR) is 75.5 cm³/mol. The summed E-state index contributed by atoms with van der Waals surface area (Å²) in [7, 11) is 0. The van der Waals surface area contributed by atoms with Crippen LogP contribution in [0.25, 0.3) is 6.08 Å². The number of hydrogen-bond donors (Lipinski definition) is 1. The first-order valence-corrected chi connectivity index (χ1v) is 6.81. The highest BCUT2D eigenvalue weighted by atomic mass is 79.9. The van der Waals surface area contributed by atoms with Gasteiger partial charge in [0.15, 0.2) is 0 Å². The van der Waals surface area contributed by atoms with Crippen LogP contribution in [-0.4, -0.2) is 34.5 Å². The first kappa shape index (κ1) is 13.8. The van der Waals surface area contributed by atoms with Gasteiger partial charge < -0.3 is 10.0 Å². The van der Waals surface area contributed by atoms with Gasteiger partial charge >= 0.3 is 5.97 Å². The molecule has 1 aromatic rings. The zero-order chi connectivity index (χ0) is 13.8. The zero-order valence-corrected chi connectivity index (χ0v) is 11.8. The number of benzene rings is 1. The van der Waals surface area contributed by atoms with E-state index in [9.17, 15) is 9.59 Å². The Labute approximate surface area is 119 Å². The fourth-order valence-corrected chi connectivity index (χ4v) is 2.21. The summed E-state index contributed by atoms with van der Waals surface area (Å²) in [6.07, 6.45) is 4.92. The minimum Gasteiger partial charge on any atom is -0.480 e. The van der Waals surface area contributed by atoms with Crippen LogP contribution in [-0.2, 0) is 9.59 Å². The highest BCUT2D eigenvalue weighted by Crippen LogP contribution is 2.27. The molecule has 0 aromatic heterocycles. The van der Waals surface area contributed by atoms with Crippen molar-refractivity contribution in [3.63, 3.8) is 0 Å². The number of nitrogens with zero attached hydrogens (tertiary/aromatic N) is 1. The predicted octanol–water partition coefficient (Wildman–Crippen LogP) is 2.54. The summed E-state index contributed by atoms with van der Waals surface area (Å²) >= 11 is 3.36. The second-order valence-corrected chi connectivity index (χ2v) is 5.40. The molecule has 1 aliphatic carbocycles.